The number of nitrogens with zero attached hydrogens (tertiary/aromatic N) is 4. The minimum Gasteiger partial charge on any atom is -0.367 e. The lowest BCUT2D eigenvalue weighted by molar-refractivity contribution is -0.173. The van der Waals surface area contributed by atoms with Gasteiger partial charge in [-0.1, -0.05) is 30.3 Å². The van der Waals surface area contributed by atoms with Crippen LogP contribution in [0.3, 0.4) is 0 Å². The standard InChI is InChI=1S/C18H19F3N6S/c1-10-8-14(18(19,20)21)27-15(23-10)13(9-22-27)16-24-25-17(28)26(16)11(2)12-6-4-3-5-7-12/h3-7,9-11,14,23H,8H2,1-2H3,(H,25,28)/t10-,11+,14-/m1/s1. The predicted octanol–water partition coefficient (Wildman–Crippen LogP) is 4.72. The van der Waals surface area contributed by atoms with Gasteiger partial charge in [0.1, 0.15) is 5.82 Å². The molecular formula is C18H19F3N6S. The van der Waals surface area contributed by atoms with Crippen LogP contribution < -0.4 is 5.32 Å². The second kappa shape index (κ2) is 6.77. The monoisotopic (exact) mass is 408 g/mol. The van der Waals surface area contributed by atoms with Gasteiger partial charge in [0.25, 0.3) is 0 Å². The number of halogens is 3. The van der Waals surface area contributed by atoms with Crippen molar-refractivity contribution in [3.8, 4) is 11.4 Å². The zero-order valence-electron chi connectivity index (χ0n) is 15.2. The van der Waals surface area contributed by atoms with Crippen LogP contribution in [0.4, 0.5) is 19.0 Å². The Labute approximate surface area is 164 Å². The Bertz CT molecular complexity index is 1040. The van der Waals surface area contributed by atoms with Crippen LogP contribution >= 0.6 is 12.2 Å². The molecule has 10 heteroatoms. The average molecular weight is 408 g/mol. The molecule has 3 atom stereocenters. The average Bonchev–Trinajstić information content (AvgIpc) is 3.23. The number of anilines is 1. The van der Waals surface area contributed by atoms with E-state index >= 15 is 0 Å². The molecular weight excluding hydrogens is 389 g/mol. The number of alkyl halides is 3. The summed E-state index contributed by atoms with van der Waals surface area (Å²) in [6.45, 7) is 3.69. The van der Waals surface area contributed by atoms with Crippen LogP contribution in [0, 0.1) is 4.77 Å². The Balaban J connectivity index is 1.83. The number of aromatic amines is 1. The molecule has 0 bridgehead atoms. The Morgan fingerprint density at radius 3 is 2.64 bits per heavy atom. The molecule has 0 saturated heterocycles. The van der Waals surface area contributed by atoms with Gasteiger partial charge in [-0.2, -0.15) is 23.4 Å². The summed E-state index contributed by atoms with van der Waals surface area (Å²) in [4.78, 5) is 0. The predicted molar refractivity (Wildman–Crippen MR) is 102 cm³/mol. The summed E-state index contributed by atoms with van der Waals surface area (Å²) in [5.74, 6) is 0.752. The van der Waals surface area contributed by atoms with E-state index < -0.39 is 12.2 Å². The highest BCUT2D eigenvalue weighted by Crippen LogP contribution is 2.42. The number of benzene rings is 1. The number of rotatable bonds is 3. The normalized spacial score (nSPS) is 20.5. The van der Waals surface area contributed by atoms with E-state index in [1.807, 2.05) is 37.3 Å². The zero-order valence-corrected chi connectivity index (χ0v) is 16.1. The van der Waals surface area contributed by atoms with E-state index in [1.54, 1.807) is 11.5 Å². The maximum absolute atomic E-state index is 13.5. The molecule has 3 aromatic rings. The topological polar surface area (TPSA) is 63.5 Å². The molecule has 2 aromatic heterocycles. The quantitative estimate of drug-likeness (QED) is 0.616. The van der Waals surface area contributed by atoms with Crippen molar-refractivity contribution in [2.45, 2.75) is 44.6 Å². The molecule has 28 heavy (non-hydrogen) atoms. The van der Waals surface area contributed by atoms with Crippen LogP contribution in [-0.4, -0.2) is 36.8 Å². The molecule has 0 spiro atoms. The third-order valence-corrected chi connectivity index (χ3v) is 5.33. The van der Waals surface area contributed by atoms with Crippen LogP contribution in [0.5, 0.6) is 0 Å². The lowest BCUT2D eigenvalue weighted by Gasteiger charge is -2.32. The van der Waals surface area contributed by atoms with Crippen molar-refractivity contribution in [1.82, 2.24) is 24.5 Å². The second-order valence-electron chi connectivity index (χ2n) is 7.00. The van der Waals surface area contributed by atoms with Crippen molar-refractivity contribution in [3.63, 3.8) is 0 Å². The van der Waals surface area contributed by atoms with Crippen molar-refractivity contribution in [1.29, 1.82) is 0 Å². The molecule has 2 N–H and O–H groups in total. The fourth-order valence-corrected chi connectivity index (χ4v) is 3.93. The summed E-state index contributed by atoms with van der Waals surface area (Å²) in [7, 11) is 0. The number of H-pyrrole nitrogens is 1. The van der Waals surface area contributed by atoms with Gasteiger partial charge in [0.15, 0.2) is 16.6 Å². The Hall–Kier alpha value is -2.62. The SMILES string of the molecule is C[C@@H]1C[C@H](C(F)(F)F)n2ncc(-c3n[nH]c(=S)n3[C@@H](C)c3ccccc3)c2N1. The van der Waals surface area contributed by atoms with Gasteiger partial charge in [0, 0.05) is 6.04 Å². The van der Waals surface area contributed by atoms with Crippen molar-refractivity contribution in [3.05, 3.63) is 46.9 Å². The Morgan fingerprint density at radius 2 is 1.96 bits per heavy atom. The molecule has 0 aliphatic carbocycles. The lowest BCUT2D eigenvalue weighted by atomic mass is 10.0. The molecule has 0 saturated carbocycles. The van der Waals surface area contributed by atoms with Gasteiger partial charge in [-0.3, -0.25) is 9.67 Å². The lowest BCUT2D eigenvalue weighted by Crippen LogP contribution is -2.38. The smallest absolute Gasteiger partial charge is 0.367 e. The molecule has 1 aliphatic rings. The van der Waals surface area contributed by atoms with Crippen molar-refractivity contribution in [2.75, 3.05) is 5.32 Å². The zero-order chi connectivity index (χ0) is 20.1. The molecule has 1 aromatic carbocycles. The van der Waals surface area contributed by atoms with Gasteiger partial charge < -0.3 is 5.32 Å². The first-order valence-corrected chi connectivity index (χ1v) is 9.31. The van der Waals surface area contributed by atoms with Crippen LogP contribution in [0.2, 0.25) is 0 Å². The van der Waals surface area contributed by atoms with Gasteiger partial charge in [0.2, 0.25) is 0 Å². The number of fused-ring (bicyclic) bond motifs is 1. The van der Waals surface area contributed by atoms with E-state index in [0.29, 0.717) is 22.0 Å². The van der Waals surface area contributed by atoms with Gasteiger partial charge in [-0.25, -0.2) is 4.68 Å². The first-order valence-electron chi connectivity index (χ1n) is 8.90. The van der Waals surface area contributed by atoms with Crippen LogP contribution in [0.25, 0.3) is 11.4 Å². The summed E-state index contributed by atoms with van der Waals surface area (Å²) in [5, 5.41) is 14.2. The van der Waals surface area contributed by atoms with E-state index in [2.05, 4.69) is 20.6 Å². The Morgan fingerprint density at radius 1 is 1.25 bits per heavy atom. The van der Waals surface area contributed by atoms with Gasteiger partial charge >= 0.3 is 6.18 Å². The van der Waals surface area contributed by atoms with Crippen molar-refractivity contribution in [2.24, 2.45) is 0 Å². The highest BCUT2D eigenvalue weighted by molar-refractivity contribution is 7.71. The fourth-order valence-electron chi connectivity index (χ4n) is 3.64. The van der Waals surface area contributed by atoms with Gasteiger partial charge in [0.05, 0.1) is 17.8 Å². The molecule has 1 aliphatic heterocycles. The van der Waals surface area contributed by atoms with E-state index in [-0.39, 0.29) is 18.5 Å². The van der Waals surface area contributed by atoms with Crippen LogP contribution in [0.15, 0.2) is 36.5 Å². The van der Waals surface area contributed by atoms with Crippen molar-refractivity contribution >= 4 is 18.0 Å². The Kier molecular flexibility index (Phi) is 4.53. The molecule has 0 radical (unpaired) electrons. The van der Waals surface area contributed by atoms with E-state index in [9.17, 15) is 13.2 Å². The molecule has 6 nitrogen and oxygen atoms in total. The molecule has 0 unspecified atom stereocenters. The number of aromatic nitrogens is 5. The van der Waals surface area contributed by atoms with E-state index in [0.717, 1.165) is 10.2 Å². The minimum absolute atomic E-state index is 0.0785. The highest BCUT2D eigenvalue weighted by Gasteiger charge is 2.46. The molecule has 3 heterocycles. The largest absolute Gasteiger partial charge is 0.410 e. The maximum Gasteiger partial charge on any atom is 0.410 e. The van der Waals surface area contributed by atoms with E-state index in [4.69, 9.17) is 12.2 Å². The minimum atomic E-state index is -4.38. The summed E-state index contributed by atoms with van der Waals surface area (Å²) in [5.41, 5.74) is 1.49. The molecule has 0 amide bonds. The third-order valence-electron chi connectivity index (χ3n) is 5.04. The number of hydrogen-bond acceptors (Lipinski definition) is 4. The van der Waals surface area contributed by atoms with Gasteiger partial charge in [-0.05, 0) is 38.0 Å². The van der Waals surface area contributed by atoms with Crippen LogP contribution in [0.1, 0.15) is 37.9 Å². The first kappa shape index (κ1) is 18.7. The van der Waals surface area contributed by atoms with E-state index in [1.165, 1.54) is 6.20 Å². The summed E-state index contributed by atoms with van der Waals surface area (Å²) >= 11 is 5.40. The second-order valence-corrected chi connectivity index (χ2v) is 7.39. The number of hydrogen-bond donors (Lipinski definition) is 2. The summed E-state index contributed by atoms with van der Waals surface area (Å²) in [6, 6.07) is 7.53. The molecule has 0 fully saturated rings. The fraction of sp³-hybridized carbons (Fsp3) is 0.389. The molecule has 148 valence electrons. The van der Waals surface area contributed by atoms with Crippen molar-refractivity contribution < 1.29 is 13.2 Å². The maximum atomic E-state index is 13.5. The third kappa shape index (κ3) is 3.11. The number of nitrogens with one attached hydrogen (secondary N) is 2. The molecule has 4 rings (SSSR count). The highest BCUT2D eigenvalue weighted by atomic mass is 32.1. The summed E-state index contributed by atoms with van der Waals surface area (Å²) < 4.78 is 43.7. The van der Waals surface area contributed by atoms with Gasteiger partial charge in [-0.15, -0.1) is 0 Å². The summed E-state index contributed by atoms with van der Waals surface area (Å²) in [6.07, 6.45) is -3.04. The first-order chi connectivity index (χ1) is 13.3. The van der Waals surface area contributed by atoms with Crippen LogP contribution in [-0.2, 0) is 0 Å².